The summed E-state index contributed by atoms with van der Waals surface area (Å²) in [6, 6.07) is 9.84. The highest BCUT2D eigenvalue weighted by atomic mass is 32.2. The molecule has 0 aliphatic heterocycles. The van der Waals surface area contributed by atoms with Crippen molar-refractivity contribution in [2.45, 2.75) is 11.0 Å². The van der Waals surface area contributed by atoms with Crippen LogP contribution in [-0.4, -0.2) is 24.8 Å². The molecule has 1 aromatic heterocycles. The summed E-state index contributed by atoms with van der Waals surface area (Å²) >= 11 is 0. The fourth-order valence-corrected chi connectivity index (χ4v) is 2.29. The molecule has 0 spiro atoms. The number of H-pyrrole nitrogens is 1. The van der Waals surface area contributed by atoms with Crippen molar-refractivity contribution >= 4 is 9.84 Å². The van der Waals surface area contributed by atoms with E-state index in [4.69, 9.17) is 0 Å². The van der Waals surface area contributed by atoms with Crippen molar-refractivity contribution in [3.05, 3.63) is 53.9 Å². The lowest BCUT2D eigenvalue weighted by atomic mass is 10.1. The van der Waals surface area contributed by atoms with Crippen LogP contribution in [0, 0.1) is 0 Å². The molecule has 90 valence electrons. The third-order valence-corrected chi connectivity index (χ3v) is 3.63. The van der Waals surface area contributed by atoms with Crippen LogP contribution in [0.15, 0.2) is 47.5 Å². The number of sulfone groups is 1. The monoisotopic (exact) mass is 251 g/mol. The van der Waals surface area contributed by atoms with Crippen LogP contribution in [0.3, 0.4) is 0 Å². The van der Waals surface area contributed by atoms with Gasteiger partial charge in [-0.25, -0.2) is 8.42 Å². The van der Waals surface area contributed by atoms with Gasteiger partial charge in [0.1, 0.15) is 6.10 Å². The maximum absolute atomic E-state index is 11.4. The molecule has 0 bridgehead atoms. The predicted molar refractivity (Wildman–Crippen MR) is 64.4 cm³/mol. The lowest BCUT2D eigenvalue weighted by Crippen LogP contribution is -2.03. The SMILES string of the molecule is CS(=O)(=O)c1cccc(C(O)c2ccc[nH]2)c1. The summed E-state index contributed by atoms with van der Waals surface area (Å²) in [5.41, 5.74) is 1.19. The van der Waals surface area contributed by atoms with Gasteiger partial charge in [0.15, 0.2) is 9.84 Å². The largest absolute Gasteiger partial charge is 0.382 e. The van der Waals surface area contributed by atoms with Gasteiger partial charge in [0, 0.05) is 18.1 Å². The molecule has 0 fully saturated rings. The van der Waals surface area contributed by atoms with E-state index < -0.39 is 15.9 Å². The number of aromatic amines is 1. The molecule has 2 N–H and O–H groups in total. The second kappa shape index (κ2) is 4.35. The van der Waals surface area contributed by atoms with E-state index in [2.05, 4.69) is 4.98 Å². The van der Waals surface area contributed by atoms with Gasteiger partial charge in [-0.2, -0.15) is 0 Å². The molecule has 2 aromatic rings. The Morgan fingerprint density at radius 3 is 2.59 bits per heavy atom. The average molecular weight is 251 g/mol. The van der Waals surface area contributed by atoms with Gasteiger partial charge >= 0.3 is 0 Å². The minimum absolute atomic E-state index is 0.209. The second-order valence-corrected chi connectivity index (χ2v) is 5.89. The Hall–Kier alpha value is -1.59. The Bertz CT molecular complexity index is 602. The van der Waals surface area contributed by atoms with Crippen LogP contribution in [0.1, 0.15) is 17.4 Å². The quantitative estimate of drug-likeness (QED) is 0.868. The van der Waals surface area contributed by atoms with Crippen LogP contribution >= 0.6 is 0 Å². The number of aliphatic hydroxyl groups is 1. The van der Waals surface area contributed by atoms with Crippen LogP contribution in [0.2, 0.25) is 0 Å². The summed E-state index contributed by atoms with van der Waals surface area (Å²) in [5.74, 6) is 0. The Labute approximate surface area is 99.8 Å². The third-order valence-electron chi connectivity index (χ3n) is 2.52. The summed E-state index contributed by atoms with van der Waals surface area (Å²) in [7, 11) is -3.25. The standard InChI is InChI=1S/C12H13NO3S/c1-17(15,16)10-5-2-4-9(8-10)12(14)11-6-3-7-13-11/h2-8,12-14H,1H3. The maximum Gasteiger partial charge on any atom is 0.175 e. The first-order chi connectivity index (χ1) is 7.98. The molecule has 17 heavy (non-hydrogen) atoms. The van der Waals surface area contributed by atoms with Crippen LogP contribution in [0.5, 0.6) is 0 Å². The Balaban J connectivity index is 2.41. The van der Waals surface area contributed by atoms with Gasteiger partial charge in [0.2, 0.25) is 0 Å². The minimum Gasteiger partial charge on any atom is -0.382 e. The topological polar surface area (TPSA) is 70.2 Å². The van der Waals surface area contributed by atoms with Crippen molar-refractivity contribution in [2.75, 3.05) is 6.26 Å². The lowest BCUT2D eigenvalue weighted by molar-refractivity contribution is 0.216. The van der Waals surface area contributed by atoms with Crippen molar-refractivity contribution in [3.8, 4) is 0 Å². The number of nitrogens with one attached hydrogen (secondary N) is 1. The van der Waals surface area contributed by atoms with Gasteiger partial charge in [-0.15, -0.1) is 0 Å². The van der Waals surface area contributed by atoms with E-state index in [-0.39, 0.29) is 4.90 Å². The van der Waals surface area contributed by atoms with Crippen LogP contribution in [-0.2, 0) is 9.84 Å². The summed E-state index contributed by atoms with van der Waals surface area (Å²) < 4.78 is 22.8. The van der Waals surface area contributed by atoms with Gasteiger partial charge in [-0.3, -0.25) is 0 Å². The number of hydrogen-bond acceptors (Lipinski definition) is 3. The molecule has 5 heteroatoms. The Morgan fingerprint density at radius 2 is 2.00 bits per heavy atom. The van der Waals surface area contributed by atoms with Gasteiger partial charge < -0.3 is 10.1 Å². The zero-order valence-electron chi connectivity index (χ0n) is 9.29. The van der Waals surface area contributed by atoms with E-state index in [1.54, 1.807) is 30.5 Å². The predicted octanol–water partition coefficient (Wildman–Crippen LogP) is 1.50. The van der Waals surface area contributed by atoms with Gasteiger partial charge in [0.05, 0.1) is 4.90 Å². The summed E-state index contributed by atoms with van der Waals surface area (Å²) in [6.45, 7) is 0. The average Bonchev–Trinajstić information content (AvgIpc) is 2.80. The van der Waals surface area contributed by atoms with Crippen LogP contribution in [0.4, 0.5) is 0 Å². The van der Waals surface area contributed by atoms with Crippen LogP contribution < -0.4 is 0 Å². The third kappa shape index (κ3) is 2.57. The van der Waals surface area contributed by atoms with Crippen molar-refractivity contribution in [1.82, 2.24) is 4.98 Å². The number of benzene rings is 1. The van der Waals surface area contributed by atoms with E-state index in [9.17, 15) is 13.5 Å². The second-order valence-electron chi connectivity index (χ2n) is 3.87. The highest BCUT2D eigenvalue weighted by molar-refractivity contribution is 7.90. The summed E-state index contributed by atoms with van der Waals surface area (Å²) in [5, 5.41) is 10.0. The molecule has 1 unspecified atom stereocenters. The molecule has 0 aliphatic rings. The number of rotatable bonds is 3. The molecule has 0 amide bonds. The molecule has 1 heterocycles. The summed E-state index contributed by atoms with van der Waals surface area (Å²) in [4.78, 5) is 3.10. The van der Waals surface area contributed by atoms with E-state index in [1.807, 2.05) is 0 Å². The van der Waals surface area contributed by atoms with Crippen molar-refractivity contribution in [2.24, 2.45) is 0 Å². The first-order valence-electron chi connectivity index (χ1n) is 5.10. The van der Waals surface area contributed by atoms with Crippen molar-refractivity contribution in [1.29, 1.82) is 0 Å². The number of aromatic nitrogens is 1. The molecule has 0 saturated heterocycles. The molecular formula is C12H13NO3S. The smallest absolute Gasteiger partial charge is 0.175 e. The Morgan fingerprint density at radius 1 is 1.24 bits per heavy atom. The zero-order chi connectivity index (χ0) is 12.5. The normalized spacial score (nSPS) is 13.5. The van der Waals surface area contributed by atoms with Crippen molar-refractivity contribution < 1.29 is 13.5 Å². The van der Waals surface area contributed by atoms with Gasteiger partial charge in [-0.1, -0.05) is 12.1 Å². The molecule has 0 saturated carbocycles. The molecule has 1 aromatic carbocycles. The van der Waals surface area contributed by atoms with Crippen molar-refractivity contribution in [3.63, 3.8) is 0 Å². The van der Waals surface area contributed by atoms with Gasteiger partial charge in [0.25, 0.3) is 0 Å². The minimum atomic E-state index is -3.25. The van der Waals surface area contributed by atoms with E-state index >= 15 is 0 Å². The maximum atomic E-state index is 11.4. The highest BCUT2D eigenvalue weighted by Crippen LogP contribution is 2.22. The fourth-order valence-electron chi connectivity index (χ4n) is 1.61. The molecule has 1 atom stereocenters. The first kappa shape index (κ1) is 11.9. The van der Waals surface area contributed by atoms with Gasteiger partial charge in [-0.05, 0) is 29.8 Å². The number of aliphatic hydroxyl groups excluding tert-OH is 1. The molecule has 2 rings (SSSR count). The molecule has 0 radical (unpaired) electrons. The first-order valence-corrected chi connectivity index (χ1v) is 6.99. The lowest BCUT2D eigenvalue weighted by Gasteiger charge is -2.10. The van der Waals surface area contributed by atoms with E-state index in [0.717, 1.165) is 6.26 Å². The van der Waals surface area contributed by atoms with E-state index in [0.29, 0.717) is 11.3 Å². The highest BCUT2D eigenvalue weighted by Gasteiger charge is 2.14. The van der Waals surface area contributed by atoms with E-state index in [1.165, 1.54) is 12.1 Å². The molecular weight excluding hydrogens is 238 g/mol. The molecule has 0 aliphatic carbocycles. The van der Waals surface area contributed by atoms with Crippen LogP contribution in [0.25, 0.3) is 0 Å². The fraction of sp³-hybridized carbons (Fsp3) is 0.167. The Kier molecular flexibility index (Phi) is 3.04. The molecule has 4 nitrogen and oxygen atoms in total. The summed E-state index contributed by atoms with van der Waals surface area (Å²) in [6.07, 6.45) is 2.01. The number of hydrogen-bond donors (Lipinski definition) is 2. The zero-order valence-corrected chi connectivity index (χ0v) is 10.1.